The molecule has 0 heterocycles. The third-order valence-electron chi connectivity index (χ3n) is 1.60. The van der Waals surface area contributed by atoms with E-state index in [2.05, 4.69) is 31.1 Å². The van der Waals surface area contributed by atoms with Crippen molar-refractivity contribution < 1.29 is 24.2 Å². The number of nitrogens with two attached hydrogens (primary N) is 1. The fourth-order valence-electron chi connectivity index (χ4n) is 0.376. The summed E-state index contributed by atoms with van der Waals surface area (Å²) in [5.74, 6) is -1.75. The molecule has 0 bridgehead atoms. The number of primary amides is 1. The van der Waals surface area contributed by atoms with Gasteiger partial charge >= 0.3 is 11.9 Å². The van der Waals surface area contributed by atoms with Gasteiger partial charge in [0.1, 0.15) is 0 Å². The minimum Gasteiger partial charge on any atom is -0.478 e. The lowest BCUT2D eigenvalue weighted by Crippen LogP contribution is -2.10. The number of esters is 1. The summed E-state index contributed by atoms with van der Waals surface area (Å²) in [6, 6.07) is 1.69. The largest absolute Gasteiger partial charge is 0.478 e. The van der Waals surface area contributed by atoms with E-state index >= 15 is 0 Å². The monoisotopic (exact) mass is 338 g/mol. The molecule has 7 nitrogen and oxygen atoms in total. The van der Waals surface area contributed by atoms with Gasteiger partial charge in [0.15, 0.2) is 0 Å². The van der Waals surface area contributed by atoms with E-state index in [0.717, 1.165) is 18.9 Å². The normalized spacial score (nSPS) is 7.04. The molecular formula is C17H26N2O5. The number of carbonyl (C=O) groups is 3. The highest BCUT2D eigenvalue weighted by atomic mass is 16.5. The van der Waals surface area contributed by atoms with Gasteiger partial charge in [-0.1, -0.05) is 39.7 Å². The molecule has 0 fully saturated rings. The van der Waals surface area contributed by atoms with E-state index in [4.69, 9.17) is 16.1 Å². The number of rotatable bonds is 6. The summed E-state index contributed by atoms with van der Waals surface area (Å²) in [6.07, 6.45) is 5.17. The van der Waals surface area contributed by atoms with Crippen molar-refractivity contribution in [1.29, 1.82) is 5.26 Å². The van der Waals surface area contributed by atoms with Crippen LogP contribution < -0.4 is 5.73 Å². The van der Waals surface area contributed by atoms with Gasteiger partial charge in [0, 0.05) is 23.8 Å². The van der Waals surface area contributed by atoms with E-state index in [9.17, 15) is 14.4 Å². The summed E-state index contributed by atoms with van der Waals surface area (Å²) < 4.78 is 4.67. The molecule has 0 aromatic carbocycles. The summed E-state index contributed by atoms with van der Waals surface area (Å²) in [7, 11) is 0. The lowest BCUT2D eigenvalue weighted by atomic mass is 10.3. The molecule has 0 aromatic rings. The predicted molar refractivity (Wildman–Crippen MR) is 93.7 cm³/mol. The second-order valence-electron chi connectivity index (χ2n) is 3.75. The van der Waals surface area contributed by atoms with Crippen molar-refractivity contribution >= 4 is 17.8 Å². The number of carbonyl (C=O) groups excluding carboxylic acids is 2. The van der Waals surface area contributed by atoms with Crippen molar-refractivity contribution in [2.75, 3.05) is 6.61 Å². The van der Waals surface area contributed by atoms with E-state index in [0.29, 0.717) is 12.2 Å². The number of ether oxygens (including phenoxy) is 1. The zero-order valence-corrected chi connectivity index (χ0v) is 14.3. The van der Waals surface area contributed by atoms with Gasteiger partial charge in [-0.2, -0.15) is 5.26 Å². The van der Waals surface area contributed by atoms with E-state index < -0.39 is 11.9 Å². The van der Waals surface area contributed by atoms with Gasteiger partial charge in [-0.3, -0.25) is 4.79 Å². The van der Waals surface area contributed by atoms with Crippen LogP contribution >= 0.6 is 0 Å². The van der Waals surface area contributed by atoms with Gasteiger partial charge in [-0.15, -0.1) is 0 Å². The van der Waals surface area contributed by atoms with Crippen molar-refractivity contribution in [1.82, 2.24) is 0 Å². The Hall–Kier alpha value is -3.14. The molecule has 7 heteroatoms. The average Bonchev–Trinajstić information content (AvgIpc) is 2.56. The molecule has 3 N–H and O–H groups in total. The maximum absolute atomic E-state index is 10.3. The van der Waals surface area contributed by atoms with Gasteiger partial charge in [0.25, 0.3) is 0 Å². The Morgan fingerprint density at radius 3 is 1.79 bits per heavy atom. The molecule has 0 rings (SSSR count). The molecule has 0 saturated heterocycles. The third-order valence-corrected chi connectivity index (χ3v) is 1.60. The molecule has 0 radical (unpaired) electrons. The first-order chi connectivity index (χ1) is 11.1. The summed E-state index contributed by atoms with van der Waals surface area (Å²) in [5.41, 5.74) is 5.09. The molecule has 134 valence electrons. The zero-order chi connectivity index (χ0) is 20.0. The summed E-state index contributed by atoms with van der Waals surface area (Å²) in [6.45, 7) is 16.8. The average molecular weight is 338 g/mol. The maximum atomic E-state index is 10.3. The highest BCUT2D eigenvalue weighted by molar-refractivity contribution is 5.90. The van der Waals surface area contributed by atoms with Crippen molar-refractivity contribution in [2.45, 2.75) is 26.7 Å². The number of hydrogen-bond donors (Lipinski definition) is 2. The Balaban J connectivity index is -0.000000117. The van der Waals surface area contributed by atoms with Crippen LogP contribution in [0.15, 0.2) is 50.1 Å². The van der Waals surface area contributed by atoms with Crippen LogP contribution in [0.4, 0.5) is 0 Å². The molecule has 0 atom stereocenters. The number of carboxylic acids is 1. The highest BCUT2D eigenvalue weighted by Crippen LogP contribution is 1.88. The van der Waals surface area contributed by atoms with E-state index in [-0.39, 0.29) is 5.97 Å². The van der Waals surface area contributed by atoms with Gasteiger partial charge in [0.2, 0.25) is 5.91 Å². The number of amides is 1. The van der Waals surface area contributed by atoms with E-state index in [1.807, 2.05) is 6.92 Å². The molecule has 1 amide bonds. The molecule has 0 aliphatic carbocycles. The Labute approximate surface area is 143 Å². The molecule has 0 saturated carbocycles. The minimum absolute atomic E-state index is 0.330. The molecule has 0 aliphatic heterocycles. The predicted octanol–water partition coefficient (Wildman–Crippen LogP) is 2.52. The van der Waals surface area contributed by atoms with Crippen LogP contribution in [-0.2, 0) is 19.1 Å². The van der Waals surface area contributed by atoms with Crippen LogP contribution in [0.1, 0.15) is 26.7 Å². The fraction of sp³-hybridized carbons (Fsp3) is 0.294. The number of nitrogens with zero attached hydrogens (tertiary/aromatic N) is 1. The topological polar surface area (TPSA) is 130 Å². The summed E-state index contributed by atoms with van der Waals surface area (Å²) >= 11 is 0. The Morgan fingerprint density at radius 2 is 1.62 bits per heavy atom. The lowest BCUT2D eigenvalue weighted by Gasteiger charge is -1.97. The first kappa shape index (κ1) is 28.9. The standard InChI is InChI=1S/C7H12O2.C4H7NO.C3H3N.C3H4O2/c1-3-5-6-9-7(8)4-2;1-3(2)4(5)6;1-2-3-4;1-2-3(4)5/h4H,2-3,5-6H2,1H3;1H2,2H3,(H2,5,6);2H,1H2;2H,1H2,(H,4,5). The van der Waals surface area contributed by atoms with Gasteiger partial charge in [0.05, 0.1) is 12.7 Å². The van der Waals surface area contributed by atoms with Crippen molar-refractivity contribution in [2.24, 2.45) is 5.73 Å². The maximum Gasteiger partial charge on any atom is 0.330 e. The van der Waals surface area contributed by atoms with Crippen LogP contribution in [0.25, 0.3) is 0 Å². The minimum atomic E-state index is -0.981. The number of carboxylic acid groups (broad SMARTS) is 1. The number of hydrogen-bond acceptors (Lipinski definition) is 5. The van der Waals surface area contributed by atoms with Gasteiger partial charge in [-0.05, 0) is 13.3 Å². The Bertz CT molecular complexity index is 450. The van der Waals surface area contributed by atoms with Crippen molar-refractivity contribution in [3.8, 4) is 6.07 Å². The quantitative estimate of drug-likeness (QED) is 0.331. The second-order valence-corrected chi connectivity index (χ2v) is 3.75. The summed E-state index contributed by atoms with van der Waals surface area (Å²) in [4.78, 5) is 29.4. The van der Waals surface area contributed by atoms with Gasteiger partial charge in [-0.25, -0.2) is 9.59 Å². The smallest absolute Gasteiger partial charge is 0.330 e. The number of allylic oxidation sites excluding steroid dienone is 1. The molecule has 0 spiro atoms. The SMILES string of the molecule is C=C(C)C(N)=O.C=CC#N.C=CC(=O)O.C=CC(=O)OCCCC. The van der Waals surface area contributed by atoms with Crippen LogP contribution in [-0.4, -0.2) is 29.6 Å². The lowest BCUT2D eigenvalue weighted by molar-refractivity contribution is -0.138. The third kappa shape index (κ3) is 51.0. The number of aliphatic carboxylic acids is 1. The summed E-state index contributed by atoms with van der Waals surface area (Å²) in [5, 5.41) is 15.1. The molecular weight excluding hydrogens is 312 g/mol. The van der Waals surface area contributed by atoms with Crippen molar-refractivity contribution in [3.63, 3.8) is 0 Å². The van der Waals surface area contributed by atoms with Gasteiger partial charge < -0.3 is 15.6 Å². The van der Waals surface area contributed by atoms with E-state index in [1.165, 1.54) is 12.2 Å². The number of nitriles is 1. The first-order valence-electron chi connectivity index (χ1n) is 6.74. The second kappa shape index (κ2) is 24.9. The zero-order valence-electron chi connectivity index (χ0n) is 14.3. The van der Waals surface area contributed by atoms with Crippen LogP contribution in [0.3, 0.4) is 0 Å². The van der Waals surface area contributed by atoms with Crippen LogP contribution in [0.2, 0.25) is 0 Å². The van der Waals surface area contributed by atoms with Crippen LogP contribution in [0.5, 0.6) is 0 Å². The molecule has 24 heavy (non-hydrogen) atoms. The molecule has 0 aromatic heterocycles. The Morgan fingerprint density at radius 1 is 1.25 bits per heavy atom. The fourth-order valence-corrected chi connectivity index (χ4v) is 0.376. The Kier molecular flexibility index (Phi) is 30.0. The molecule has 0 aliphatic rings. The molecule has 0 unspecified atom stereocenters. The van der Waals surface area contributed by atoms with E-state index in [1.54, 1.807) is 13.0 Å². The highest BCUT2D eigenvalue weighted by Gasteiger charge is 1.91. The number of unbranched alkanes of at least 4 members (excludes halogenated alkanes) is 1. The van der Waals surface area contributed by atoms with Crippen molar-refractivity contribution in [3.05, 3.63) is 50.1 Å². The first-order valence-corrected chi connectivity index (χ1v) is 6.74. The van der Waals surface area contributed by atoms with Crippen LogP contribution in [0, 0.1) is 11.3 Å².